The Morgan fingerprint density at radius 2 is 2.28 bits per heavy atom. The Kier molecular flexibility index (Phi) is 3.39. The van der Waals surface area contributed by atoms with Crippen LogP contribution >= 0.6 is 0 Å². The van der Waals surface area contributed by atoms with E-state index in [0.717, 1.165) is 0 Å². The molecule has 1 heterocycles. The van der Waals surface area contributed by atoms with Gasteiger partial charge < -0.3 is 4.74 Å². The highest BCUT2D eigenvalue weighted by molar-refractivity contribution is 5.86. The van der Waals surface area contributed by atoms with E-state index in [2.05, 4.69) is 11.1 Å². The molecule has 0 unspecified atom stereocenters. The number of hydrogen-bond acceptors (Lipinski definition) is 4. The van der Waals surface area contributed by atoms with E-state index in [-0.39, 0.29) is 12.4 Å². The Labute approximate surface area is 104 Å². The highest BCUT2D eigenvalue weighted by Crippen LogP contribution is 2.16. The van der Waals surface area contributed by atoms with Crippen LogP contribution in [0.3, 0.4) is 0 Å². The lowest BCUT2D eigenvalue weighted by Gasteiger charge is -2.08. The highest BCUT2D eigenvalue weighted by Gasteiger charge is 2.16. The molecule has 90 valence electrons. The maximum absolute atomic E-state index is 11.7. The van der Waals surface area contributed by atoms with Crippen molar-refractivity contribution in [2.45, 2.75) is 6.92 Å². The fourth-order valence-electron chi connectivity index (χ4n) is 1.62. The minimum atomic E-state index is -0.504. The van der Waals surface area contributed by atoms with Gasteiger partial charge in [0.15, 0.2) is 0 Å². The fourth-order valence-corrected chi connectivity index (χ4v) is 1.62. The average molecular weight is 241 g/mol. The summed E-state index contributed by atoms with van der Waals surface area (Å²) in [5, 5.41) is 9.05. The minimum absolute atomic E-state index is 0.166. The van der Waals surface area contributed by atoms with Crippen LogP contribution in [-0.4, -0.2) is 22.1 Å². The van der Waals surface area contributed by atoms with E-state index in [1.54, 1.807) is 42.0 Å². The summed E-state index contributed by atoms with van der Waals surface area (Å²) < 4.78 is 6.47. The van der Waals surface area contributed by atoms with Crippen molar-refractivity contribution in [1.82, 2.24) is 9.55 Å². The van der Waals surface area contributed by atoms with Crippen molar-refractivity contribution in [2.24, 2.45) is 0 Å². The van der Waals surface area contributed by atoms with Crippen molar-refractivity contribution in [1.29, 1.82) is 5.26 Å². The molecular weight excluding hydrogens is 230 g/mol. The van der Waals surface area contributed by atoms with Crippen LogP contribution in [0.1, 0.15) is 23.1 Å². The number of carbonyl (C=O) groups is 1. The molecule has 0 spiro atoms. The molecule has 2 rings (SSSR count). The third-order valence-corrected chi connectivity index (χ3v) is 2.38. The van der Waals surface area contributed by atoms with E-state index in [1.165, 1.54) is 6.20 Å². The van der Waals surface area contributed by atoms with E-state index >= 15 is 0 Å². The molecule has 2 aromatic rings. The summed E-state index contributed by atoms with van der Waals surface area (Å²) in [5.74, 6) is -0.338. The molecule has 0 fully saturated rings. The van der Waals surface area contributed by atoms with Crippen molar-refractivity contribution in [2.75, 3.05) is 6.61 Å². The van der Waals surface area contributed by atoms with E-state index in [1.807, 2.05) is 0 Å². The van der Waals surface area contributed by atoms with E-state index in [9.17, 15) is 4.79 Å². The number of aromatic nitrogens is 2. The van der Waals surface area contributed by atoms with Gasteiger partial charge in [0.05, 0.1) is 17.9 Å². The molecule has 0 atom stereocenters. The summed E-state index contributed by atoms with van der Waals surface area (Å²) in [4.78, 5) is 15.7. The number of esters is 1. The number of hydrogen-bond donors (Lipinski definition) is 0. The molecule has 0 amide bonds. The second kappa shape index (κ2) is 5.15. The molecule has 5 heteroatoms. The molecule has 0 saturated heterocycles. The first kappa shape index (κ1) is 11.9. The zero-order valence-corrected chi connectivity index (χ0v) is 9.83. The summed E-state index contributed by atoms with van der Waals surface area (Å²) in [6.45, 7) is 2.01. The molecule has 1 aromatic carbocycles. The van der Waals surface area contributed by atoms with Gasteiger partial charge >= 0.3 is 5.97 Å². The van der Waals surface area contributed by atoms with Gasteiger partial charge in [0.25, 0.3) is 0 Å². The predicted octanol–water partition coefficient (Wildman–Crippen LogP) is 1.92. The minimum Gasteiger partial charge on any atom is -0.460 e. The van der Waals surface area contributed by atoms with Crippen LogP contribution < -0.4 is 0 Å². The van der Waals surface area contributed by atoms with Crippen LogP contribution in [-0.2, 0) is 4.74 Å². The molecule has 0 N–H and O–H groups in total. The van der Waals surface area contributed by atoms with Gasteiger partial charge in [0.2, 0.25) is 5.82 Å². The van der Waals surface area contributed by atoms with Gasteiger partial charge in [-0.05, 0) is 19.1 Å². The smallest absolute Gasteiger partial charge is 0.374 e. The Morgan fingerprint density at radius 3 is 3.00 bits per heavy atom. The number of ether oxygens (including phenoxy) is 1. The maximum atomic E-state index is 11.7. The van der Waals surface area contributed by atoms with Crippen LogP contribution in [0, 0.1) is 11.3 Å². The first-order chi connectivity index (χ1) is 8.77. The second-order valence-corrected chi connectivity index (χ2v) is 3.47. The Morgan fingerprint density at radius 1 is 1.50 bits per heavy atom. The van der Waals surface area contributed by atoms with Crippen LogP contribution in [0.15, 0.2) is 36.7 Å². The molecule has 0 saturated carbocycles. The van der Waals surface area contributed by atoms with Crippen LogP contribution in [0.25, 0.3) is 5.69 Å². The third kappa shape index (κ3) is 2.09. The van der Waals surface area contributed by atoms with Gasteiger partial charge in [-0.1, -0.05) is 12.1 Å². The standard InChI is InChI=1S/C13H11N3O2/c1-2-18-13(17)12-15-7-8-16(12)11-6-4-3-5-10(11)9-14/h3-8H,2H2,1H3. The predicted molar refractivity (Wildman–Crippen MR) is 64.2 cm³/mol. The molecule has 0 radical (unpaired) electrons. The molecule has 0 aliphatic carbocycles. The summed E-state index contributed by atoms with van der Waals surface area (Å²) in [6, 6.07) is 9.08. The lowest BCUT2D eigenvalue weighted by Crippen LogP contribution is -2.12. The van der Waals surface area contributed by atoms with Gasteiger partial charge in [0, 0.05) is 12.4 Å². The molecule has 5 nitrogen and oxygen atoms in total. The van der Waals surface area contributed by atoms with Crippen LogP contribution in [0.5, 0.6) is 0 Å². The van der Waals surface area contributed by atoms with Crippen LogP contribution in [0.4, 0.5) is 0 Å². The Bertz CT molecular complexity index is 611. The monoisotopic (exact) mass is 241 g/mol. The normalized spacial score (nSPS) is 9.78. The van der Waals surface area contributed by atoms with E-state index in [0.29, 0.717) is 11.3 Å². The summed E-state index contributed by atoms with van der Waals surface area (Å²) in [6.07, 6.45) is 3.13. The van der Waals surface area contributed by atoms with Crippen molar-refractivity contribution in [3.8, 4) is 11.8 Å². The first-order valence-electron chi connectivity index (χ1n) is 5.48. The number of nitrogens with zero attached hydrogens (tertiary/aromatic N) is 3. The number of imidazole rings is 1. The zero-order chi connectivity index (χ0) is 13.0. The lowest BCUT2D eigenvalue weighted by molar-refractivity contribution is 0.0510. The topological polar surface area (TPSA) is 67.9 Å². The second-order valence-electron chi connectivity index (χ2n) is 3.47. The van der Waals surface area contributed by atoms with E-state index < -0.39 is 5.97 Å². The number of carbonyl (C=O) groups excluding carboxylic acids is 1. The summed E-state index contributed by atoms with van der Waals surface area (Å²) in [5.41, 5.74) is 1.08. The van der Waals surface area contributed by atoms with Gasteiger partial charge in [-0.15, -0.1) is 0 Å². The maximum Gasteiger partial charge on any atom is 0.374 e. The molecule has 0 aliphatic rings. The van der Waals surface area contributed by atoms with Gasteiger partial charge in [-0.3, -0.25) is 4.57 Å². The number of nitriles is 1. The Hall–Kier alpha value is -2.61. The SMILES string of the molecule is CCOC(=O)c1nccn1-c1ccccc1C#N. The lowest BCUT2D eigenvalue weighted by atomic mass is 10.2. The zero-order valence-electron chi connectivity index (χ0n) is 9.83. The quantitative estimate of drug-likeness (QED) is 0.770. The van der Waals surface area contributed by atoms with Crippen molar-refractivity contribution < 1.29 is 9.53 Å². The van der Waals surface area contributed by atoms with Crippen LogP contribution in [0.2, 0.25) is 0 Å². The van der Waals surface area contributed by atoms with Crippen molar-refractivity contribution >= 4 is 5.97 Å². The summed E-state index contributed by atoms with van der Waals surface area (Å²) in [7, 11) is 0. The largest absolute Gasteiger partial charge is 0.460 e. The highest BCUT2D eigenvalue weighted by atomic mass is 16.5. The number of rotatable bonds is 3. The molecule has 18 heavy (non-hydrogen) atoms. The first-order valence-corrected chi connectivity index (χ1v) is 5.48. The fraction of sp³-hybridized carbons (Fsp3) is 0.154. The third-order valence-electron chi connectivity index (χ3n) is 2.38. The number of para-hydroxylation sites is 1. The van der Waals surface area contributed by atoms with Crippen molar-refractivity contribution in [3.05, 3.63) is 48.0 Å². The van der Waals surface area contributed by atoms with E-state index in [4.69, 9.17) is 10.00 Å². The Balaban J connectivity index is 2.50. The van der Waals surface area contributed by atoms with Crippen molar-refractivity contribution in [3.63, 3.8) is 0 Å². The number of benzene rings is 1. The average Bonchev–Trinajstić information content (AvgIpc) is 2.88. The molecule has 0 aliphatic heterocycles. The van der Waals surface area contributed by atoms with Gasteiger partial charge in [0.1, 0.15) is 6.07 Å². The van der Waals surface area contributed by atoms with Gasteiger partial charge in [-0.25, -0.2) is 9.78 Å². The molecular formula is C13H11N3O2. The summed E-state index contributed by atoms with van der Waals surface area (Å²) >= 11 is 0. The molecule has 0 bridgehead atoms. The van der Waals surface area contributed by atoms with Gasteiger partial charge in [-0.2, -0.15) is 5.26 Å². The molecule has 1 aromatic heterocycles.